The number of benzene rings is 1. The minimum absolute atomic E-state index is 0.386. The van der Waals surface area contributed by atoms with Crippen LogP contribution in [0.4, 0.5) is 5.69 Å². The van der Waals surface area contributed by atoms with E-state index in [1.807, 2.05) is 0 Å². The fourth-order valence-corrected chi connectivity index (χ4v) is 3.40. The molecule has 1 heterocycles. The first-order valence-electron chi connectivity index (χ1n) is 8.00. The van der Waals surface area contributed by atoms with Crippen molar-refractivity contribution >= 4 is 5.69 Å². The van der Waals surface area contributed by atoms with E-state index in [4.69, 9.17) is 10.5 Å². The molecule has 1 saturated heterocycles. The lowest BCUT2D eigenvalue weighted by Gasteiger charge is -2.33. The Bertz CT molecular complexity index is 446. The van der Waals surface area contributed by atoms with E-state index in [0.29, 0.717) is 12.1 Å². The zero-order valence-electron chi connectivity index (χ0n) is 12.5. The van der Waals surface area contributed by atoms with E-state index in [0.717, 1.165) is 31.7 Å². The number of rotatable bonds is 3. The maximum absolute atomic E-state index is 6.08. The van der Waals surface area contributed by atoms with E-state index in [-0.39, 0.29) is 0 Å². The second kappa shape index (κ2) is 6.04. The van der Waals surface area contributed by atoms with E-state index in [9.17, 15) is 0 Å². The number of hydrogen-bond acceptors (Lipinski definition) is 3. The summed E-state index contributed by atoms with van der Waals surface area (Å²) in [5.41, 5.74) is 8.64. The molecule has 20 heavy (non-hydrogen) atoms. The third-order valence-electron chi connectivity index (χ3n) is 4.65. The molecule has 3 rings (SSSR count). The largest absolute Gasteiger partial charge is 0.490 e. The minimum atomic E-state index is 0.386. The molecule has 0 unspecified atom stereocenters. The molecule has 1 aromatic rings. The van der Waals surface area contributed by atoms with Crippen molar-refractivity contribution in [2.75, 3.05) is 18.0 Å². The lowest BCUT2D eigenvalue weighted by atomic mass is 10.0. The van der Waals surface area contributed by atoms with Gasteiger partial charge in [0.25, 0.3) is 0 Å². The summed E-state index contributed by atoms with van der Waals surface area (Å²) in [4.78, 5) is 2.46. The van der Waals surface area contributed by atoms with Crippen LogP contribution in [0.2, 0.25) is 0 Å². The first kappa shape index (κ1) is 13.7. The van der Waals surface area contributed by atoms with Gasteiger partial charge in [-0.15, -0.1) is 0 Å². The molecule has 110 valence electrons. The molecular weight excluding hydrogens is 248 g/mol. The summed E-state index contributed by atoms with van der Waals surface area (Å²) >= 11 is 0. The second-order valence-corrected chi connectivity index (χ2v) is 6.30. The summed E-state index contributed by atoms with van der Waals surface area (Å²) in [5, 5.41) is 0. The van der Waals surface area contributed by atoms with Gasteiger partial charge in [-0.25, -0.2) is 0 Å². The van der Waals surface area contributed by atoms with Gasteiger partial charge >= 0.3 is 0 Å². The summed E-state index contributed by atoms with van der Waals surface area (Å²) in [6.45, 7) is 4.33. The number of anilines is 1. The average Bonchev–Trinajstić information content (AvgIpc) is 2.93. The topological polar surface area (TPSA) is 38.5 Å². The Kier molecular flexibility index (Phi) is 4.16. The van der Waals surface area contributed by atoms with Gasteiger partial charge in [0, 0.05) is 24.8 Å². The molecule has 0 radical (unpaired) electrons. The van der Waals surface area contributed by atoms with E-state index >= 15 is 0 Å². The lowest BCUT2D eigenvalue weighted by molar-refractivity contribution is 0.210. The van der Waals surface area contributed by atoms with Gasteiger partial charge in [0.05, 0.1) is 6.10 Å². The first-order valence-corrected chi connectivity index (χ1v) is 8.00. The highest BCUT2D eigenvalue weighted by Gasteiger charge is 2.19. The van der Waals surface area contributed by atoms with Crippen molar-refractivity contribution in [2.45, 2.75) is 57.6 Å². The van der Waals surface area contributed by atoms with Gasteiger partial charge in [0.1, 0.15) is 5.75 Å². The van der Waals surface area contributed by atoms with Crippen LogP contribution in [0, 0.1) is 6.92 Å². The Morgan fingerprint density at radius 1 is 1.10 bits per heavy atom. The summed E-state index contributed by atoms with van der Waals surface area (Å²) in [5.74, 6) is 1.03. The van der Waals surface area contributed by atoms with Crippen molar-refractivity contribution in [1.29, 1.82) is 0 Å². The normalized spacial score (nSPS) is 21.4. The predicted molar refractivity (Wildman–Crippen MR) is 83.5 cm³/mol. The van der Waals surface area contributed by atoms with Crippen LogP contribution in [-0.2, 0) is 0 Å². The maximum Gasteiger partial charge on any atom is 0.120 e. The Balaban J connectivity index is 1.67. The molecule has 3 heteroatoms. The molecular formula is C17H26N2O. The Hall–Kier alpha value is -1.22. The smallest absolute Gasteiger partial charge is 0.120 e. The van der Waals surface area contributed by atoms with Crippen molar-refractivity contribution < 1.29 is 4.74 Å². The molecule has 3 nitrogen and oxygen atoms in total. The third kappa shape index (κ3) is 3.09. The molecule has 1 aliphatic heterocycles. The molecule has 0 amide bonds. The maximum atomic E-state index is 6.08. The minimum Gasteiger partial charge on any atom is -0.490 e. The number of piperidine rings is 1. The number of nitrogens with zero attached hydrogens (tertiary/aromatic N) is 1. The number of hydrogen-bond donors (Lipinski definition) is 1. The van der Waals surface area contributed by atoms with Crippen LogP contribution in [0.25, 0.3) is 0 Å². The van der Waals surface area contributed by atoms with Gasteiger partial charge in [-0.2, -0.15) is 0 Å². The van der Waals surface area contributed by atoms with Gasteiger partial charge in [-0.1, -0.05) is 0 Å². The Morgan fingerprint density at radius 2 is 1.80 bits per heavy atom. The van der Waals surface area contributed by atoms with E-state index in [1.54, 1.807) is 0 Å². The van der Waals surface area contributed by atoms with Gasteiger partial charge in [0.2, 0.25) is 0 Å². The molecule has 0 spiro atoms. The Labute approximate surface area is 122 Å². The molecule has 1 aliphatic carbocycles. The van der Waals surface area contributed by atoms with Crippen LogP contribution in [0.3, 0.4) is 0 Å². The van der Waals surface area contributed by atoms with Crippen LogP contribution in [-0.4, -0.2) is 25.2 Å². The van der Waals surface area contributed by atoms with Crippen molar-refractivity contribution in [3.8, 4) is 5.75 Å². The first-order chi connectivity index (χ1) is 9.72. The van der Waals surface area contributed by atoms with E-state index in [2.05, 4.69) is 30.0 Å². The number of nitrogens with two attached hydrogens (primary N) is 1. The van der Waals surface area contributed by atoms with Crippen molar-refractivity contribution in [3.63, 3.8) is 0 Å². The SMILES string of the molecule is Cc1cc(OC2CCCC2)ccc1N1CCC(N)CC1. The zero-order chi connectivity index (χ0) is 13.9. The second-order valence-electron chi connectivity index (χ2n) is 6.30. The van der Waals surface area contributed by atoms with Gasteiger partial charge in [0.15, 0.2) is 0 Å². The number of aryl methyl sites for hydroxylation is 1. The number of ether oxygens (including phenoxy) is 1. The van der Waals surface area contributed by atoms with Crippen molar-refractivity contribution in [3.05, 3.63) is 23.8 Å². The van der Waals surface area contributed by atoms with Crippen molar-refractivity contribution in [1.82, 2.24) is 0 Å². The molecule has 0 bridgehead atoms. The molecule has 2 fully saturated rings. The van der Waals surface area contributed by atoms with Crippen LogP contribution >= 0.6 is 0 Å². The van der Waals surface area contributed by atoms with Gasteiger partial charge in [-0.3, -0.25) is 0 Å². The third-order valence-corrected chi connectivity index (χ3v) is 4.65. The highest BCUT2D eigenvalue weighted by Crippen LogP contribution is 2.29. The Morgan fingerprint density at radius 3 is 2.45 bits per heavy atom. The van der Waals surface area contributed by atoms with E-state index in [1.165, 1.54) is 36.9 Å². The average molecular weight is 274 g/mol. The van der Waals surface area contributed by atoms with Crippen LogP contribution in [0.15, 0.2) is 18.2 Å². The monoisotopic (exact) mass is 274 g/mol. The van der Waals surface area contributed by atoms with Crippen LogP contribution in [0.5, 0.6) is 5.75 Å². The zero-order valence-corrected chi connectivity index (χ0v) is 12.5. The highest BCUT2D eigenvalue weighted by atomic mass is 16.5. The quantitative estimate of drug-likeness (QED) is 0.919. The molecule has 2 aliphatic rings. The summed E-state index contributed by atoms with van der Waals surface area (Å²) in [6, 6.07) is 6.94. The fraction of sp³-hybridized carbons (Fsp3) is 0.647. The van der Waals surface area contributed by atoms with Crippen LogP contribution < -0.4 is 15.4 Å². The fourth-order valence-electron chi connectivity index (χ4n) is 3.40. The van der Waals surface area contributed by atoms with Crippen LogP contribution in [0.1, 0.15) is 44.1 Å². The summed E-state index contributed by atoms with van der Waals surface area (Å²) in [6.07, 6.45) is 7.69. The van der Waals surface area contributed by atoms with Crippen molar-refractivity contribution in [2.24, 2.45) is 5.73 Å². The lowest BCUT2D eigenvalue weighted by Crippen LogP contribution is -2.39. The molecule has 0 aromatic heterocycles. The highest BCUT2D eigenvalue weighted by molar-refractivity contribution is 5.56. The molecule has 1 saturated carbocycles. The molecule has 2 N–H and O–H groups in total. The van der Waals surface area contributed by atoms with E-state index < -0.39 is 0 Å². The summed E-state index contributed by atoms with van der Waals surface area (Å²) < 4.78 is 6.08. The summed E-state index contributed by atoms with van der Waals surface area (Å²) in [7, 11) is 0. The van der Waals surface area contributed by atoms with Gasteiger partial charge in [-0.05, 0) is 69.2 Å². The molecule has 0 atom stereocenters. The predicted octanol–water partition coefficient (Wildman–Crippen LogP) is 3.24. The molecule has 1 aromatic carbocycles. The van der Waals surface area contributed by atoms with Gasteiger partial charge < -0.3 is 15.4 Å². The standard InChI is InChI=1S/C17H26N2O/c1-13-12-16(20-15-4-2-3-5-15)6-7-17(13)19-10-8-14(18)9-11-19/h6-7,12,14-15H,2-5,8-11,18H2,1H3.